The van der Waals surface area contributed by atoms with Gasteiger partial charge in [-0.2, -0.15) is 10.5 Å². The Labute approximate surface area is 226 Å². The van der Waals surface area contributed by atoms with Crippen LogP contribution in [0, 0.1) is 22.7 Å². The Morgan fingerprint density at radius 3 is 2.45 bits per heavy atom. The van der Waals surface area contributed by atoms with Gasteiger partial charge in [0.1, 0.15) is 33.8 Å². The molecule has 0 aliphatic carbocycles. The number of aliphatic hydroxyl groups is 1. The van der Waals surface area contributed by atoms with Gasteiger partial charge < -0.3 is 25.8 Å². The van der Waals surface area contributed by atoms with Crippen molar-refractivity contribution in [2.45, 2.75) is 68.6 Å². The number of alkyl carbamates (subject to hydrolysis) is 1. The monoisotopic (exact) mass is 536 g/mol. The van der Waals surface area contributed by atoms with E-state index >= 15 is 0 Å². The van der Waals surface area contributed by atoms with Crippen molar-refractivity contribution < 1.29 is 19.4 Å². The van der Waals surface area contributed by atoms with Gasteiger partial charge in [-0.05, 0) is 44.7 Å². The first-order valence-corrected chi connectivity index (χ1v) is 13.2. The van der Waals surface area contributed by atoms with E-state index in [9.17, 15) is 25.2 Å². The molecule has 1 aliphatic heterocycles. The predicted molar refractivity (Wildman–Crippen MR) is 143 cm³/mol. The Kier molecular flexibility index (Phi) is 9.21. The molecule has 1 aliphatic rings. The van der Waals surface area contributed by atoms with Crippen LogP contribution in [-0.4, -0.2) is 52.9 Å². The molecular formula is C27H32N6O4S. The number of nitrogens with one attached hydrogen (secondary N) is 1. The third-order valence-electron chi connectivity index (χ3n) is 6.00. The van der Waals surface area contributed by atoms with Crippen LogP contribution in [0.1, 0.15) is 61.6 Å². The maximum absolute atomic E-state index is 12.4. The Morgan fingerprint density at radius 2 is 1.92 bits per heavy atom. The van der Waals surface area contributed by atoms with E-state index in [0.717, 1.165) is 11.8 Å². The molecule has 2 amide bonds. The van der Waals surface area contributed by atoms with Crippen LogP contribution < -0.4 is 16.0 Å². The molecule has 200 valence electrons. The lowest BCUT2D eigenvalue weighted by Crippen LogP contribution is -2.55. The van der Waals surface area contributed by atoms with E-state index in [1.54, 1.807) is 49.9 Å². The number of hydrogen-bond acceptors (Lipinski definition) is 9. The summed E-state index contributed by atoms with van der Waals surface area (Å²) in [5.74, 6) is -0.266. The summed E-state index contributed by atoms with van der Waals surface area (Å²) in [6, 6.07) is 12.8. The van der Waals surface area contributed by atoms with E-state index in [-0.39, 0.29) is 22.7 Å². The lowest BCUT2D eigenvalue weighted by Gasteiger charge is -2.37. The Hall–Kier alpha value is -3.80. The number of primary amides is 1. The molecule has 11 heteroatoms. The molecule has 1 aromatic heterocycles. The zero-order chi connectivity index (χ0) is 28.0. The van der Waals surface area contributed by atoms with Crippen LogP contribution in [0.5, 0.6) is 0 Å². The first kappa shape index (κ1) is 28.8. The zero-order valence-corrected chi connectivity index (χ0v) is 22.7. The van der Waals surface area contributed by atoms with Gasteiger partial charge in [0.25, 0.3) is 0 Å². The second-order valence-corrected chi connectivity index (χ2v) is 11.0. The first-order valence-electron chi connectivity index (χ1n) is 12.3. The second-order valence-electron chi connectivity index (χ2n) is 9.91. The first-order chi connectivity index (χ1) is 18.0. The maximum atomic E-state index is 12.4. The lowest BCUT2D eigenvalue weighted by atomic mass is 9.98. The maximum Gasteiger partial charge on any atom is 0.407 e. The highest BCUT2D eigenvalue weighted by atomic mass is 32.2. The summed E-state index contributed by atoms with van der Waals surface area (Å²) < 4.78 is 5.30. The summed E-state index contributed by atoms with van der Waals surface area (Å²) in [5, 5.41) is 33.0. The molecule has 1 aromatic carbocycles. The molecular weight excluding hydrogens is 504 g/mol. The van der Waals surface area contributed by atoms with Gasteiger partial charge >= 0.3 is 6.09 Å². The molecule has 0 spiro atoms. The fourth-order valence-corrected chi connectivity index (χ4v) is 5.34. The number of nitriles is 2. The lowest BCUT2D eigenvalue weighted by molar-refractivity contribution is -0.117. The van der Waals surface area contributed by atoms with Crippen molar-refractivity contribution in [3.63, 3.8) is 0 Å². The summed E-state index contributed by atoms with van der Waals surface area (Å²) in [7, 11) is 0. The standard InChI is InChI=1S/C27H32N6O4S/c1-5-17-18(13-28)24(33-12-11-20(21(34)15-33)31-26(36)37-27(2,3)4)32-25(19(17)14-29)38-22(23(30)35)16-9-7-6-8-10-16/h6-10,20-22,34H,5,11-12,15H2,1-4H3,(H2,30,35)(H,31,36)/t20-,21+,22?/m0/s1. The highest BCUT2D eigenvalue weighted by molar-refractivity contribution is 8.00. The van der Waals surface area contributed by atoms with Gasteiger partial charge in [-0.3, -0.25) is 4.79 Å². The molecule has 3 rings (SSSR count). The number of aromatic nitrogens is 1. The topological polar surface area (TPSA) is 165 Å². The van der Waals surface area contributed by atoms with Crippen molar-refractivity contribution in [2.75, 3.05) is 18.0 Å². The minimum absolute atomic E-state index is 0.0965. The molecule has 0 bridgehead atoms. The highest BCUT2D eigenvalue weighted by Crippen LogP contribution is 2.40. The van der Waals surface area contributed by atoms with Crippen LogP contribution in [-0.2, 0) is 16.0 Å². The van der Waals surface area contributed by atoms with E-state index in [2.05, 4.69) is 22.4 Å². The second kappa shape index (κ2) is 12.2. The van der Waals surface area contributed by atoms with Gasteiger partial charge in [-0.15, -0.1) is 0 Å². The molecule has 2 heterocycles. The summed E-state index contributed by atoms with van der Waals surface area (Å²) in [6.07, 6.45) is -0.801. The van der Waals surface area contributed by atoms with E-state index in [4.69, 9.17) is 10.5 Å². The van der Waals surface area contributed by atoms with Crippen molar-refractivity contribution in [3.05, 3.63) is 52.6 Å². The van der Waals surface area contributed by atoms with Gasteiger partial charge in [0.05, 0.1) is 23.3 Å². The Morgan fingerprint density at radius 1 is 1.26 bits per heavy atom. The van der Waals surface area contributed by atoms with Gasteiger partial charge in [0.15, 0.2) is 0 Å². The highest BCUT2D eigenvalue weighted by Gasteiger charge is 2.34. The van der Waals surface area contributed by atoms with Crippen LogP contribution in [0.25, 0.3) is 0 Å². The fourth-order valence-electron chi connectivity index (χ4n) is 4.28. The van der Waals surface area contributed by atoms with Crippen molar-refractivity contribution in [1.82, 2.24) is 10.3 Å². The largest absolute Gasteiger partial charge is 0.444 e. The number of carbonyl (C=O) groups is 2. The summed E-state index contributed by atoms with van der Waals surface area (Å²) in [5.41, 5.74) is 6.70. The van der Waals surface area contributed by atoms with Gasteiger partial charge in [0, 0.05) is 13.1 Å². The SMILES string of the molecule is CCc1c(C#N)c(SC(C(N)=O)c2ccccc2)nc(N2CC[C@H](NC(=O)OC(C)(C)C)[C@H](O)C2)c1C#N. The third-order valence-corrected chi connectivity index (χ3v) is 7.26. The number of anilines is 1. The van der Waals surface area contributed by atoms with E-state index < -0.39 is 35.0 Å². The van der Waals surface area contributed by atoms with Crippen LogP contribution in [0.2, 0.25) is 0 Å². The van der Waals surface area contributed by atoms with Crippen LogP contribution >= 0.6 is 11.8 Å². The summed E-state index contributed by atoms with van der Waals surface area (Å²) >= 11 is 1.06. The Bertz CT molecular complexity index is 1270. The van der Waals surface area contributed by atoms with Crippen molar-refractivity contribution >= 4 is 29.6 Å². The number of β-amino-alcohol motifs (C(OH)–C–C–N with tert-alkyl or cyclic N) is 1. The number of ether oxygens (including phenoxy) is 1. The number of benzene rings is 1. The average molecular weight is 537 g/mol. The van der Waals surface area contributed by atoms with Crippen LogP contribution in [0.4, 0.5) is 10.6 Å². The number of hydrogen-bond donors (Lipinski definition) is 3. The number of nitrogens with two attached hydrogens (primary N) is 1. The number of aliphatic hydroxyl groups excluding tert-OH is 1. The smallest absolute Gasteiger partial charge is 0.407 e. The number of thioether (sulfide) groups is 1. The molecule has 38 heavy (non-hydrogen) atoms. The van der Waals surface area contributed by atoms with Crippen molar-refractivity contribution in [1.29, 1.82) is 10.5 Å². The van der Waals surface area contributed by atoms with Crippen LogP contribution in [0.3, 0.4) is 0 Å². The molecule has 1 saturated heterocycles. The van der Waals surface area contributed by atoms with E-state index in [1.807, 2.05) is 13.0 Å². The third kappa shape index (κ3) is 6.74. The number of nitrogens with zero attached hydrogens (tertiary/aromatic N) is 4. The quantitative estimate of drug-likeness (QED) is 0.451. The summed E-state index contributed by atoms with van der Waals surface area (Å²) in [4.78, 5) is 31.0. The van der Waals surface area contributed by atoms with E-state index in [1.165, 1.54) is 0 Å². The molecule has 10 nitrogen and oxygen atoms in total. The number of rotatable bonds is 7. The average Bonchev–Trinajstić information content (AvgIpc) is 2.86. The number of piperidine rings is 1. The molecule has 2 aromatic rings. The summed E-state index contributed by atoms with van der Waals surface area (Å²) in [6.45, 7) is 7.59. The molecule has 0 radical (unpaired) electrons. The normalized spacial score (nSPS) is 18.1. The van der Waals surface area contributed by atoms with E-state index in [0.29, 0.717) is 36.3 Å². The number of carbonyl (C=O) groups excluding carboxylic acids is 2. The molecule has 3 atom stereocenters. The van der Waals surface area contributed by atoms with Crippen molar-refractivity contribution in [2.24, 2.45) is 5.73 Å². The fraction of sp³-hybridized carbons (Fsp3) is 0.444. The molecule has 0 saturated carbocycles. The van der Waals surface area contributed by atoms with Crippen molar-refractivity contribution in [3.8, 4) is 12.1 Å². The Balaban J connectivity index is 1.95. The predicted octanol–water partition coefficient (Wildman–Crippen LogP) is 3.17. The van der Waals surface area contributed by atoms with Gasteiger partial charge in [-0.25, -0.2) is 9.78 Å². The number of pyridine rings is 1. The van der Waals surface area contributed by atoms with Gasteiger partial charge in [-0.1, -0.05) is 49.0 Å². The van der Waals surface area contributed by atoms with Gasteiger partial charge in [0.2, 0.25) is 5.91 Å². The molecule has 1 unspecified atom stereocenters. The zero-order valence-electron chi connectivity index (χ0n) is 21.9. The van der Waals surface area contributed by atoms with Crippen LogP contribution in [0.15, 0.2) is 35.4 Å². The minimum atomic E-state index is -0.955. The number of amides is 2. The molecule has 1 fully saturated rings. The molecule has 4 N–H and O–H groups in total. The minimum Gasteiger partial charge on any atom is -0.444 e.